The van der Waals surface area contributed by atoms with Gasteiger partial charge in [0, 0.05) is 11.4 Å². The van der Waals surface area contributed by atoms with Crippen molar-refractivity contribution in [3.63, 3.8) is 0 Å². The molecule has 84 valence electrons. The topological polar surface area (TPSA) is 15.8 Å². The van der Waals surface area contributed by atoms with Crippen molar-refractivity contribution < 1.29 is 0 Å². The highest BCUT2D eigenvalue weighted by Gasteiger charge is 2.21. The average molecular weight is 213 g/mol. The molecule has 0 fully saturated rings. The van der Waals surface area contributed by atoms with Gasteiger partial charge < -0.3 is 4.98 Å². The van der Waals surface area contributed by atoms with Gasteiger partial charge in [-0.2, -0.15) is 0 Å². The summed E-state index contributed by atoms with van der Waals surface area (Å²) in [7, 11) is 6.14. The zero-order valence-corrected chi connectivity index (χ0v) is 10.7. The Balaban J connectivity index is 0.000000386. The van der Waals surface area contributed by atoms with E-state index >= 15 is 0 Å². The van der Waals surface area contributed by atoms with E-state index < -0.39 is 0 Å². The molecule has 0 saturated heterocycles. The minimum Gasteiger partial charge on any atom is -0.362 e. The molecule has 0 aliphatic heterocycles. The predicted molar refractivity (Wildman–Crippen MR) is 72.8 cm³/mol. The van der Waals surface area contributed by atoms with Crippen LogP contribution in [-0.2, 0) is 5.31 Å². The Hall–Kier alpha value is -1.18. The summed E-state index contributed by atoms with van der Waals surface area (Å²) in [5.74, 6) is 0. The third-order valence-corrected chi connectivity index (χ3v) is 2.35. The van der Waals surface area contributed by atoms with Crippen molar-refractivity contribution in [2.75, 3.05) is 0 Å². The first kappa shape index (κ1) is 12.9. The lowest BCUT2D eigenvalue weighted by Gasteiger charge is -2.19. The molecule has 2 rings (SSSR count). The van der Waals surface area contributed by atoms with Gasteiger partial charge in [-0.1, -0.05) is 51.5 Å². The molecule has 1 aliphatic carbocycles. The van der Waals surface area contributed by atoms with Crippen molar-refractivity contribution in [3.8, 4) is 0 Å². The first-order chi connectivity index (χ1) is 7.51. The first-order valence-electron chi connectivity index (χ1n) is 5.86. The van der Waals surface area contributed by atoms with Gasteiger partial charge in [0.25, 0.3) is 0 Å². The fourth-order valence-electron chi connectivity index (χ4n) is 1.69. The van der Waals surface area contributed by atoms with Gasteiger partial charge in [-0.15, -0.1) is 0 Å². The maximum Gasteiger partial charge on any atom is 0.0883 e. The van der Waals surface area contributed by atoms with E-state index in [0.29, 0.717) is 0 Å². The monoisotopic (exact) mass is 213 g/mol. The minimum atomic E-state index is -0.382. The summed E-state index contributed by atoms with van der Waals surface area (Å²) in [6.07, 6.45) is 9.34. The highest BCUT2D eigenvalue weighted by molar-refractivity contribution is 6.17. The van der Waals surface area contributed by atoms with E-state index in [1.54, 1.807) is 0 Å². The van der Waals surface area contributed by atoms with Crippen molar-refractivity contribution in [1.29, 1.82) is 0 Å². The maximum absolute atomic E-state index is 6.14. The molecule has 1 heterocycles. The first-order valence-corrected chi connectivity index (χ1v) is 5.86. The second-order valence-electron chi connectivity index (χ2n) is 4.49. The number of aryl methyl sites for hydroxylation is 1. The lowest BCUT2D eigenvalue weighted by Crippen LogP contribution is -2.20. The lowest BCUT2D eigenvalue weighted by molar-refractivity contribution is 0.820. The highest BCUT2D eigenvalue weighted by atomic mass is 14.7. The van der Waals surface area contributed by atoms with Gasteiger partial charge in [-0.3, -0.25) is 0 Å². The highest BCUT2D eigenvalue weighted by Crippen LogP contribution is 2.28. The number of hydrogen-bond acceptors (Lipinski definition) is 0. The Labute approximate surface area is 100 Å². The van der Waals surface area contributed by atoms with Crippen LogP contribution in [0.15, 0.2) is 24.3 Å². The SMILES string of the molecule is CCC.[B]C1(C)C=CC=Cc2cc(C)[nH]c21. The summed E-state index contributed by atoms with van der Waals surface area (Å²) < 4.78 is 0. The Bertz CT molecular complexity index is 397. The van der Waals surface area contributed by atoms with Gasteiger partial charge in [0.2, 0.25) is 0 Å². The van der Waals surface area contributed by atoms with E-state index in [2.05, 4.69) is 31.0 Å². The predicted octanol–water partition coefficient (Wildman–Crippen LogP) is 3.71. The van der Waals surface area contributed by atoms with Crippen LogP contribution in [0.4, 0.5) is 0 Å². The van der Waals surface area contributed by atoms with Gasteiger partial charge in [0.1, 0.15) is 0 Å². The van der Waals surface area contributed by atoms with Gasteiger partial charge in [-0.05, 0) is 23.9 Å². The third-order valence-electron chi connectivity index (χ3n) is 2.35. The number of rotatable bonds is 0. The van der Waals surface area contributed by atoms with E-state index in [0.717, 1.165) is 11.4 Å². The Morgan fingerprint density at radius 3 is 2.56 bits per heavy atom. The van der Waals surface area contributed by atoms with Crippen LogP contribution >= 0.6 is 0 Å². The van der Waals surface area contributed by atoms with Crippen molar-refractivity contribution >= 4 is 13.9 Å². The molecule has 1 unspecified atom stereocenters. The standard InChI is InChI=1S/C11H12BN.C3H8/c1-8-7-9-5-3-4-6-11(2,12)10(9)13-8;1-3-2/h3-7,13H,1-2H3;3H2,1-2H3. The smallest absolute Gasteiger partial charge is 0.0883 e. The number of aromatic nitrogens is 1. The van der Waals surface area contributed by atoms with Crippen molar-refractivity contribution in [1.82, 2.24) is 4.98 Å². The van der Waals surface area contributed by atoms with Crippen LogP contribution in [-0.4, -0.2) is 12.8 Å². The molecule has 0 spiro atoms. The van der Waals surface area contributed by atoms with Crippen molar-refractivity contribution in [3.05, 3.63) is 41.2 Å². The van der Waals surface area contributed by atoms with E-state index in [-0.39, 0.29) is 5.31 Å². The molecule has 1 aromatic heterocycles. The van der Waals surface area contributed by atoms with E-state index in [1.807, 2.05) is 32.1 Å². The van der Waals surface area contributed by atoms with E-state index in [4.69, 9.17) is 7.85 Å². The number of allylic oxidation sites excluding steroid dienone is 3. The van der Waals surface area contributed by atoms with Crippen LogP contribution in [0.5, 0.6) is 0 Å². The van der Waals surface area contributed by atoms with E-state index in [1.165, 1.54) is 12.0 Å². The Morgan fingerprint density at radius 2 is 1.94 bits per heavy atom. The minimum absolute atomic E-state index is 0.382. The van der Waals surface area contributed by atoms with Crippen LogP contribution in [0.3, 0.4) is 0 Å². The average Bonchev–Trinajstić information content (AvgIpc) is 2.51. The van der Waals surface area contributed by atoms with Crippen molar-refractivity contribution in [2.45, 2.75) is 39.4 Å². The molecule has 1 nitrogen and oxygen atoms in total. The molecule has 2 radical (unpaired) electrons. The molecule has 0 saturated carbocycles. The third kappa shape index (κ3) is 2.91. The Morgan fingerprint density at radius 1 is 1.31 bits per heavy atom. The molecule has 1 N–H and O–H groups in total. The number of nitrogens with one attached hydrogen (secondary N) is 1. The van der Waals surface area contributed by atoms with E-state index in [9.17, 15) is 0 Å². The molecule has 2 heteroatoms. The molecular weight excluding hydrogens is 193 g/mol. The van der Waals surface area contributed by atoms with Crippen LogP contribution in [0.2, 0.25) is 0 Å². The number of aromatic amines is 1. The van der Waals surface area contributed by atoms with Crippen LogP contribution in [0.1, 0.15) is 44.1 Å². The summed E-state index contributed by atoms with van der Waals surface area (Å²) in [6.45, 7) is 8.30. The van der Waals surface area contributed by atoms with Gasteiger partial charge in [0.05, 0.1) is 7.85 Å². The zero-order valence-electron chi connectivity index (χ0n) is 10.7. The molecule has 0 amide bonds. The molecule has 1 atom stereocenters. The molecule has 0 aromatic carbocycles. The van der Waals surface area contributed by atoms with Gasteiger partial charge in [-0.25, -0.2) is 0 Å². The molecular formula is C14H20BN. The second-order valence-corrected chi connectivity index (χ2v) is 4.49. The summed E-state index contributed by atoms with van der Waals surface area (Å²) in [5.41, 5.74) is 3.43. The lowest BCUT2D eigenvalue weighted by atomic mass is 9.67. The van der Waals surface area contributed by atoms with Crippen LogP contribution < -0.4 is 0 Å². The number of hydrogen-bond donors (Lipinski definition) is 1. The quantitative estimate of drug-likeness (QED) is 0.632. The normalized spacial score (nSPS) is 22.0. The fourth-order valence-corrected chi connectivity index (χ4v) is 1.69. The van der Waals surface area contributed by atoms with Gasteiger partial charge in [0.15, 0.2) is 0 Å². The summed E-state index contributed by atoms with van der Waals surface area (Å²) >= 11 is 0. The Kier molecular flexibility index (Phi) is 4.22. The molecule has 1 aliphatic rings. The van der Waals surface area contributed by atoms with Crippen molar-refractivity contribution in [2.24, 2.45) is 0 Å². The molecule has 16 heavy (non-hydrogen) atoms. The molecule has 0 bridgehead atoms. The summed E-state index contributed by atoms with van der Waals surface area (Å²) in [4.78, 5) is 3.30. The van der Waals surface area contributed by atoms with Crippen LogP contribution in [0, 0.1) is 6.92 Å². The van der Waals surface area contributed by atoms with Crippen LogP contribution in [0.25, 0.3) is 6.08 Å². The number of H-pyrrole nitrogens is 1. The second kappa shape index (κ2) is 5.24. The fraction of sp³-hybridized carbons (Fsp3) is 0.429. The largest absolute Gasteiger partial charge is 0.362 e. The van der Waals surface area contributed by atoms with Gasteiger partial charge >= 0.3 is 0 Å². The maximum atomic E-state index is 6.14. The molecule has 1 aromatic rings. The summed E-state index contributed by atoms with van der Waals surface area (Å²) in [5, 5.41) is -0.382. The zero-order chi connectivity index (χ0) is 12.2. The number of fused-ring (bicyclic) bond motifs is 1. The summed E-state index contributed by atoms with van der Waals surface area (Å²) in [6, 6.07) is 2.12.